The third-order valence-electron chi connectivity index (χ3n) is 6.19. The Morgan fingerprint density at radius 2 is 1.78 bits per heavy atom. The van der Waals surface area contributed by atoms with Gasteiger partial charge >= 0.3 is 5.97 Å². The second-order valence-corrected chi connectivity index (χ2v) is 8.22. The maximum atomic E-state index is 13.2. The monoisotopic (exact) mass is 431 g/mol. The lowest BCUT2D eigenvalue weighted by atomic mass is 9.93. The van der Waals surface area contributed by atoms with Gasteiger partial charge in [-0.1, -0.05) is 67.9 Å². The predicted molar refractivity (Wildman–Crippen MR) is 124 cm³/mol. The lowest BCUT2D eigenvalue weighted by Crippen LogP contribution is -2.32. The highest BCUT2D eigenvalue weighted by atomic mass is 16.5. The number of esters is 1. The zero-order chi connectivity index (χ0) is 22.5. The molecule has 0 N–H and O–H groups in total. The van der Waals surface area contributed by atoms with Crippen molar-refractivity contribution < 1.29 is 19.1 Å². The number of carbonyl (C=O) groups is 2. The molecular weight excluding hydrogens is 402 g/mol. The number of hydrogen-bond donors (Lipinski definition) is 0. The van der Waals surface area contributed by atoms with E-state index < -0.39 is 5.92 Å². The van der Waals surface area contributed by atoms with Crippen LogP contribution in [-0.2, 0) is 20.9 Å². The van der Waals surface area contributed by atoms with Crippen molar-refractivity contribution in [2.24, 2.45) is 5.92 Å². The zero-order valence-electron chi connectivity index (χ0n) is 18.6. The van der Waals surface area contributed by atoms with Gasteiger partial charge in [0.2, 0.25) is 5.91 Å². The van der Waals surface area contributed by atoms with Gasteiger partial charge in [-0.05, 0) is 40.5 Å². The van der Waals surface area contributed by atoms with E-state index in [2.05, 4.69) is 6.92 Å². The van der Waals surface area contributed by atoms with E-state index in [-0.39, 0.29) is 30.9 Å². The summed E-state index contributed by atoms with van der Waals surface area (Å²) in [6.45, 7) is 2.92. The molecule has 2 atom stereocenters. The highest BCUT2D eigenvalue weighted by molar-refractivity contribution is 5.89. The number of amides is 1. The molecule has 0 aliphatic carbocycles. The summed E-state index contributed by atoms with van der Waals surface area (Å²) in [5.74, 6) is -0.103. The van der Waals surface area contributed by atoms with Crippen molar-refractivity contribution in [3.8, 4) is 5.75 Å². The van der Waals surface area contributed by atoms with Crippen LogP contribution in [0.5, 0.6) is 5.75 Å². The quantitative estimate of drug-likeness (QED) is 0.455. The maximum absolute atomic E-state index is 13.2. The van der Waals surface area contributed by atoms with Crippen LogP contribution in [0.4, 0.5) is 0 Å². The molecular formula is C27H29NO4. The summed E-state index contributed by atoms with van der Waals surface area (Å²) in [5.41, 5.74) is 1.89. The highest BCUT2D eigenvalue weighted by Crippen LogP contribution is 2.39. The van der Waals surface area contributed by atoms with Gasteiger partial charge in [-0.2, -0.15) is 0 Å². The largest absolute Gasteiger partial charge is 0.497 e. The zero-order valence-corrected chi connectivity index (χ0v) is 18.6. The molecule has 5 heteroatoms. The van der Waals surface area contributed by atoms with Crippen LogP contribution in [0.3, 0.4) is 0 Å². The first-order chi connectivity index (χ1) is 15.6. The highest BCUT2D eigenvalue weighted by Gasteiger charge is 2.45. The molecule has 1 aliphatic heterocycles. The topological polar surface area (TPSA) is 55.8 Å². The van der Waals surface area contributed by atoms with Gasteiger partial charge in [0, 0.05) is 13.0 Å². The van der Waals surface area contributed by atoms with Crippen molar-refractivity contribution in [3.05, 3.63) is 77.9 Å². The summed E-state index contributed by atoms with van der Waals surface area (Å²) >= 11 is 0. The Labute approximate surface area is 188 Å². The molecule has 0 spiro atoms. The standard InChI is InChI=1S/C27H29NO4/c1-3-4-16-28-25(29)17-24(26(28)20-12-14-22(31-2)15-13-20)27(30)32-18-21-10-7-9-19-8-5-6-11-23(19)21/h5-15,24,26H,3-4,16-18H2,1-2H3. The Morgan fingerprint density at radius 1 is 1.03 bits per heavy atom. The maximum Gasteiger partial charge on any atom is 0.312 e. The lowest BCUT2D eigenvalue weighted by Gasteiger charge is -2.28. The third kappa shape index (κ3) is 4.47. The van der Waals surface area contributed by atoms with Gasteiger partial charge < -0.3 is 14.4 Å². The molecule has 3 aromatic rings. The van der Waals surface area contributed by atoms with Gasteiger partial charge in [-0.15, -0.1) is 0 Å². The average molecular weight is 432 g/mol. The molecule has 0 aromatic heterocycles. The number of rotatable bonds is 8. The Balaban J connectivity index is 1.56. The fourth-order valence-electron chi connectivity index (χ4n) is 4.48. The van der Waals surface area contributed by atoms with Crippen molar-refractivity contribution in [2.45, 2.75) is 38.8 Å². The first-order valence-electron chi connectivity index (χ1n) is 11.2. The predicted octanol–water partition coefficient (Wildman–Crippen LogP) is 5.28. The number of benzene rings is 3. The second-order valence-electron chi connectivity index (χ2n) is 8.22. The molecule has 1 amide bonds. The van der Waals surface area contributed by atoms with Crippen LogP contribution < -0.4 is 4.74 Å². The van der Waals surface area contributed by atoms with Gasteiger partial charge in [-0.3, -0.25) is 9.59 Å². The minimum Gasteiger partial charge on any atom is -0.497 e. The smallest absolute Gasteiger partial charge is 0.312 e. The summed E-state index contributed by atoms with van der Waals surface area (Å²) in [6, 6.07) is 21.3. The molecule has 5 nitrogen and oxygen atoms in total. The number of unbranched alkanes of at least 4 members (excludes halogenated alkanes) is 1. The van der Waals surface area contributed by atoms with Crippen LogP contribution >= 0.6 is 0 Å². The van der Waals surface area contributed by atoms with Crippen LogP contribution in [0.15, 0.2) is 66.7 Å². The first kappa shape index (κ1) is 21.9. The molecule has 166 valence electrons. The van der Waals surface area contributed by atoms with Gasteiger partial charge in [-0.25, -0.2) is 0 Å². The van der Waals surface area contributed by atoms with Crippen molar-refractivity contribution in [1.29, 1.82) is 0 Å². The van der Waals surface area contributed by atoms with Gasteiger partial charge in [0.05, 0.1) is 19.1 Å². The molecule has 4 rings (SSSR count). The summed E-state index contributed by atoms with van der Waals surface area (Å²) in [4.78, 5) is 27.9. The van der Waals surface area contributed by atoms with Crippen molar-refractivity contribution in [1.82, 2.24) is 4.90 Å². The van der Waals surface area contributed by atoms with E-state index in [0.29, 0.717) is 6.54 Å². The molecule has 1 heterocycles. The van der Waals surface area contributed by atoms with E-state index in [1.807, 2.05) is 71.6 Å². The van der Waals surface area contributed by atoms with E-state index in [9.17, 15) is 9.59 Å². The number of likely N-dealkylation sites (tertiary alicyclic amines) is 1. The van der Waals surface area contributed by atoms with E-state index in [1.165, 1.54) is 0 Å². The minimum atomic E-state index is -0.525. The molecule has 1 aliphatic rings. The lowest BCUT2D eigenvalue weighted by molar-refractivity contribution is -0.150. The molecule has 32 heavy (non-hydrogen) atoms. The number of fused-ring (bicyclic) bond motifs is 1. The summed E-state index contributed by atoms with van der Waals surface area (Å²) in [7, 11) is 1.62. The summed E-state index contributed by atoms with van der Waals surface area (Å²) in [5, 5.41) is 2.18. The third-order valence-corrected chi connectivity index (χ3v) is 6.19. The van der Waals surface area contributed by atoms with Gasteiger partial charge in [0.1, 0.15) is 12.4 Å². The van der Waals surface area contributed by atoms with E-state index in [1.54, 1.807) is 7.11 Å². The Hall–Kier alpha value is -3.34. The molecule has 0 radical (unpaired) electrons. The van der Waals surface area contributed by atoms with Gasteiger partial charge in [0.15, 0.2) is 0 Å². The Bertz CT molecular complexity index is 1090. The van der Waals surface area contributed by atoms with Crippen LogP contribution in [0.2, 0.25) is 0 Å². The first-order valence-corrected chi connectivity index (χ1v) is 11.2. The van der Waals surface area contributed by atoms with E-state index >= 15 is 0 Å². The van der Waals surface area contributed by atoms with Gasteiger partial charge in [0.25, 0.3) is 0 Å². The fourth-order valence-corrected chi connectivity index (χ4v) is 4.48. The average Bonchev–Trinajstić information content (AvgIpc) is 3.17. The van der Waals surface area contributed by atoms with Crippen LogP contribution in [0.1, 0.15) is 43.4 Å². The normalized spacial score (nSPS) is 18.2. The van der Waals surface area contributed by atoms with Crippen LogP contribution in [-0.4, -0.2) is 30.4 Å². The number of nitrogens with zero attached hydrogens (tertiary/aromatic N) is 1. The fraction of sp³-hybridized carbons (Fsp3) is 0.333. The van der Waals surface area contributed by atoms with Crippen molar-refractivity contribution in [2.75, 3.05) is 13.7 Å². The van der Waals surface area contributed by atoms with Crippen molar-refractivity contribution >= 4 is 22.6 Å². The summed E-state index contributed by atoms with van der Waals surface area (Å²) < 4.78 is 11.0. The minimum absolute atomic E-state index is 0.00591. The number of ether oxygens (including phenoxy) is 2. The SMILES string of the molecule is CCCCN1C(=O)CC(C(=O)OCc2cccc3ccccc23)C1c1ccc(OC)cc1. The number of methoxy groups -OCH3 is 1. The number of hydrogen-bond acceptors (Lipinski definition) is 4. The van der Waals surface area contributed by atoms with Crippen molar-refractivity contribution in [3.63, 3.8) is 0 Å². The Kier molecular flexibility index (Phi) is 6.74. The Morgan fingerprint density at radius 3 is 2.53 bits per heavy atom. The molecule has 0 saturated carbocycles. The van der Waals surface area contributed by atoms with E-state index in [0.717, 1.165) is 40.5 Å². The molecule has 1 saturated heterocycles. The molecule has 1 fully saturated rings. The molecule has 3 aromatic carbocycles. The summed E-state index contributed by atoms with van der Waals surface area (Å²) in [6.07, 6.45) is 2.06. The second kappa shape index (κ2) is 9.86. The van der Waals surface area contributed by atoms with E-state index in [4.69, 9.17) is 9.47 Å². The van der Waals surface area contributed by atoms with Crippen LogP contribution in [0, 0.1) is 5.92 Å². The molecule has 0 bridgehead atoms. The number of carbonyl (C=O) groups excluding carboxylic acids is 2. The van der Waals surface area contributed by atoms with Crippen LogP contribution in [0.25, 0.3) is 10.8 Å². The molecule has 2 unspecified atom stereocenters.